The van der Waals surface area contributed by atoms with E-state index in [2.05, 4.69) is 15.5 Å². The van der Waals surface area contributed by atoms with Crippen molar-refractivity contribution < 1.29 is 14.4 Å². The molecule has 2 fully saturated rings. The maximum Gasteiger partial charge on any atom is 0.251 e. The summed E-state index contributed by atoms with van der Waals surface area (Å²) in [6, 6.07) is 25.1. The minimum atomic E-state index is -1.42. The second kappa shape index (κ2) is 7.89. The highest BCUT2D eigenvalue weighted by molar-refractivity contribution is 6.21. The van der Waals surface area contributed by atoms with Gasteiger partial charge in [-0.1, -0.05) is 66.7 Å². The molecule has 4 aliphatic rings. The molecule has 4 heterocycles. The number of ketones is 1. The molecule has 0 bridgehead atoms. The number of carbonyl (C=O) groups excluding carboxylic acids is 3. The number of carbonyl (C=O) groups is 3. The Hall–Kier alpha value is -4.29. The Bertz CT molecular complexity index is 1810. The molecule has 2 spiro atoms. The number of amides is 2. The Balaban J connectivity index is 1.46. The molecular formula is C34H29N3O3. The average Bonchev–Trinajstić information content (AvgIpc) is 3.69. The molecule has 2 N–H and O–H groups in total. The highest BCUT2D eigenvalue weighted by atomic mass is 16.2. The van der Waals surface area contributed by atoms with Gasteiger partial charge in [-0.3, -0.25) is 19.3 Å². The van der Waals surface area contributed by atoms with Crippen LogP contribution in [0.5, 0.6) is 0 Å². The molecular weight excluding hydrogens is 498 g/mol. The molecule has 8 rings (SSSR count). The van der Waals surface area contributed by atoms with E-state index in [1.807, 2.05) is 92.7 Å². The van der Waals surface area contributed by atoms with Crippen molar-refractivity contribution in [3.05, 3.63) is 107 Å². The molecule has 0 saturated carbocycles. The van der Waals surface area contributed by atoms with Crippen molar-refractivity contribution in [1.29, 1.82) is 0 Å². The first kappa shape index (κ1) is 23.6. The highest BCUT2D eigenvalue weighted by Crippen LogP contribution is 2.68. The number of benzene rings is 4. The smallest absolute Gasteiger partial charge is 0.251 e. The zero-order chi connectivity index (χ0) is 27.4. The van der Waals surface area contributed by atoms with E-state index in [0.717, 1.165) is 51.6 Å². The van der Waals surface area contributed by atoms with Gasteiger partial charge in [0.2, 0.25) is 5.91 Å². The van der Waals surface area contributed by atoms with Gasteiger partial charge in [0.25, 0.3) is 5.91 Å². The summed E-state index contributed by atoms with van der Waals surface area (Å²) in [6.07, 6.45) is 1.61. The van der Waals surface area contributed by atoms with Crippen LogP contribution in [0.4, 0.5) is 11.4 Å². The Labute approximate surface area is 232 Å². The van der Waals surface area contributed by atoms with Crippen LogP contribution in [0, 0.1) is 19.8 Å². The monoisotopic (exact) mass is 527 g/mol. The Morgan fingerprint density at radius 3 is 2.48 bits per heavy atom. The quantitative estimate of drug-likeness (QED) is 0.339. The molecule has 4 aromatic carbocycles. The summed E-state index contributed by atoms with van der Waals surface area (Å²) in [4.78, 5) is 46.4. The van der Waals surface area contributed by atoms with Crippen LogP contribution in [-0.2, 0) is 20.5 Å². The fourth-order valence-corrected chi connectivity index (χ4v) is 8.42. The normalized spacial score (nSPS) is 28.1. The van der Waals surface area contributed by atoms with E-state index in [0.29, 0.717) is 17.8 Å². The third kappa shape index (κ3) is 2.56. The van der Waals surface area contributed by atoms with Gasteiger partial charge in [0.1, 0.15) is 11.0 Å². The van der Waals surface area contributed by atoms with Gasteiger partial charge in [0, 0.05) is 28.5 Å². The number of rotatable bonds is 2. The maximum atomic E-state index is 14.9. The third-order valence-corrected chi connectivity index (χ3v) is 10.1. The van der Waals surface area contributed by atoms with Crippen molar-refractivity contribution in [2.24, 2.45) is 5.92 Å². The van der Waals surface area contributed by atoms with Crippen LogP contribution in [0.15, 0.2) is 78.9 Å². The van der Waals surface area contributed by atoms with Crippen LogP contribution in [-0.4, -0.2) is 35.1 Å². The minimum absolute atomic E-state index is 0.0866. The number of hydrogen-bond acceptors (Lipinski definition) is 4. The van der Waals surface area contributed by atoms with Crippen LogP contribution in [0.25, 0.3) is 10.8 Å². The largest absolute Gasteiger partial charge is 0.325 e. The number of hydrogen-bond donors (Lipinski definition) is 2. The molecule has 4 atom stereocenters. The molecule has 40 heavy (non-hydrogen) atoms. The van der Waals surface area contributed by atoms with Gasteiger partial charge in [0.05, 0.1) is 5.92 Å². The molecule has 0 aliphatic carbocycles. The number of aryl methyl sites for hydroxylation is 1. The molecule has 4 aromatic rings. The van der Waals surface area contributed by atoms with Crippen molar-refractivity contribution >= 4 is 39.7 Å². The molecule has 0 unspecified atom stereocenters. The van der Waals surface area contributed by atoms with Crippen molar-refractivity contribution in [3.8, 4) is 0 Å². The van der Waals surface area contributed by atoms with Crippen LogP contribution >= 0.6 is 0 Å². The summed E-state index contributed by atoms with van der Waals surface area (Å²) in [5.41, 5.74) is 2.85. The second-order valence-corrected chi connectivity index (χ2v) is 11.7. The Morgan fingerprint density at radius 2 is 1.62 bits per heavy atom. The molecule has 6 heteroatoms. The summed E-state index contributed by atoms with van der Waals surface area (Å²) in [5, 5.41) is 8.35. The molecule has 4 aliphatic heterocycles. The summed E-state index contributed by atoms with van der Waals surface area (Å²) >= 11 is 0. The van der Waals surface area contributed by atoms with Crippen molar-refractivity contribution in [2.45, 2.75) is 43.7 Å². The first-order valence-electron chi connectivity index (χ1n) is 14.0. The SMILES string of the molecule is Cc1ccc2c(c1C)NC(=O)[C@@]21N2CCC[C@@H]2[C@@H](C(=O)c2ccc3ccccc3c2)[C@]12C(=O)Nc1ccccc12. The summed E-state index contributed by atoms with van der Waals surface area (Å²) < 4.78 is 0. The van der Waals surface area contributed by atoms with Crippen molar-refractivity contribution in [1.82, 2.24) is 4.90 Å². The van der Waals surface area contributed by atoms with Gasteiger partial charge in [0.15, 0.2) is 5.78 Å². The highest BCUT2D eigenvalue weighted by Gasteiger charge is 2.81. The molecule has 0 aromatic heterocycles. The second-order valence-electron chi connectivity index (χ2n) is 11.7. The third-order valence-electron chi connectivity index (χ3n) is 10.1. The van der Waals surface area contributed by atoms with E-state index in [9.17, 15) is 14.4 Å². The van der Waals surface area contributed by atoms with Crippen LogP contribution in [0.3, 0.4) is 0 Å². The number of fused-ring (bicyclic) bond motifs is 8. The molecule has 2 amide bonds. The van der Waals surface area contributed by atoms with Gasteiger partial charge in [-0.15, -0.1) is 0 Å². The van der Waals surface area contributed by atoms with E-state index >= 15 is 0 Å². The first-order valence-corrected chi connectivity index (χ1v) is 14.0. The maximum absolute atomic E-state index is 14.9. The summed E-state index contributed by atoms with van der Waals surface area (Å²) in [5.74, 6) is -1.32. The van der Waals surface area contributed by atoms with Crippen LogP contribution in [0.2, 0.25) is 0 Å². The summed E-state index contributed by atoms with van der Waals surface area (Å²) in [7, 11) is 0. The zero-order valence-electron chi connectivity index (χ0n) is 22.5. The number of nitrogens with one attached hydrogen (secondary N) is 2. The molecule has 0 radical (unpaired) electrons. The lowest BCUT2D eigenvalue weighted by Crippen LogP contribution is -2.62. The van der Waals surface area contributed by atoms with E-state index < -0.39 is 16.9 Å². The van der Waals surface area contributed by atoms with Crippen molar-refractivity contribution in [3.63, 3.8) is 0 Å². The Morgan fingerprint density at radius 1 is 0.850 bits per heavy atom. The molecule has 2 saturated heterocycles. The fourth-order valence-electron chi connectivity index (χ4n) is 8.42. The van der Waals surface area contributed by atoms with Gasteiger partial charge in [-0.05, 0) is 72.8 Å². The fraction of sp³-hybridized carbons (Fsp3) is 0.265. The molecule has 198 valence electrons. The van der Waals surface area contributed by atoms with E-state index in [-0.39, 0.29) is 23.6 Å². The number of anilines is 2. The lowest BCUT2D eigenvalue weighted by atomic mass is 9.57. The molecule has 6 nitrogen and oxygen atoms in total. The Kier molecular flexibility index (Phi) is 4.65. The lowest BCUT2D eigenvalue weighted by molar-refractivity contribution is -0.137. The minimum Gasteiger partial charge on any atom is -0.325 e. The number of Topliss-reactive ketones (excluding diaryl/α,β-unsaturated/α-hetero) is 1. The number of para-hydroxylation sites is 1. The van der Waals surface area contributed by atoms with Gasteiger partial charge < -0.3 is 10.6 Å². The summed E-state index contributed by atoms with van der Waals surface area (Å²) in [6.45, 7) is 4.68. The van der Waals surface area contributed by atoms with Gasteiger partial charge >= 0.3 is 0 Å². The van der Waals surface area contributed by atoms with Gasteiger partial charge in [-0.25, -0.2) is 0 Å². The predicted octanol–water partition coefficient (Wildman–Crippen LogP) is 5.47. The van der Waals surface area contributed by atoms with E-state index in [1.54, 1.807) is 0 Å². The topological polar surface area (TPSA) is 78.5 Å². The predicted molar refractivity (Wildman–Crippen MR) is 154 cm³/mol. The first-order chi connectivity index (χ1) is 19.4. The zero-order valence-corrected chi connectivity index (χ0v) is 22.5. The average molecular weight is 528 g/mol. The van der Waals surface area contributed by atoms with Crippen LogP contribution in [0.1, 0.15) is 45.5 Å². The number of nitrogens with zero attached hydrogens (tertiary/aromatic N) is 1. The van der Waals surface area contributed by atoms with Crippen LogP contribution < -0.4 is 10.6 Å². The van der Waals surface area contributed by atoms with Crippen molar-refractivity contribution in [2.75, 3.05) is 17.2 Å². The van der Waals surface area contributed by atoms with E-state index in [4.69, 9.17) is 0 Å². The van der Waals surface area contributed by atoms with Gasteiger partial charge in [-0.2, -0.15) is 0 Å². The van der Waals surface area contributed by atoms with E-state index in [1.165, 1.54) is 0 Å². The standard InChI is InChI=1S/C34H29N3O3/c1-19-13-16-25-29(20(19)2)36-32(40)34(25)33(24-10-5-6-11-26(24)35-31(33)39)28(27-12-7-17-37(27)34)30(38)23-15-14-21-8-3-4-9-22(21)18-23/h3-6,8-11,13-16,18,27-28H,7,12,17H2,1-2H3,(H,35,39)(H,36,40)/t27-,28+,33-,34+/m1/s1. The lowest BCUT2D eigenvalue weighted by Gasteiger charge is -2.43.